The van der Waals surface area contributed by atoms with Crippen LogP contribution in [0, 0.1) is 0 Å². The maximum Gasteiger partial charge on any atom is 0.330 e. The van der Waals surface area contributed by atoms with E-state index in [1.807, 2.05) is 84.9 Å². The molecule has 0 spiro atoms. The highest BCUT2D eigenvalue weighted by molar-refractivity contribution is 5.93. The van der Waals surface area contributed by atoms with Gasteiger partial charge < -0.3 is 14.2 Å². The van der Waals surface area contributed by atoms with Crippen molar-refractivity contribution >= 4 is 23.9 Å². The Morgan fingerprint density at radius 3 is 2.18 bits per heavy atom. The molecule has 0 amide bonds. The van der Waals surface area contributed by atoms with E-state index in [2.05, 4.69) is 0 Å². The number of rotatable bonds is 10. The van der Waals surface area contributed by atoms with E-state index in [0.717, 1.165) is 16.7 Å². The smallest absolute Gasteiger partial charge is 0.330 e. The summed E-state index contributed by atoms with van der Waals surface area (Å²) in [5.41, 5.74) is 2.83. The molecule has 1 aliphatic rings. The van der Waals surface area contributed by atoms with Crippen molar-refractivity contribution in [2.45, 2.75) is 18.8 Å². The third-order valence-corrected chi connectivity index (χ3v) is 5.51. The van der Waals surface area contributed by atoms with Gasteiger partial charge in [0.25, 0.3) is 0 Å². The average Bonchev–Trinajstić information content (AvgIpc) is 3.35. The summed E-state index contributed by atoms with van der Waals surface area (Å²) in [6, 6.07) is 24.9. The van der Waals surface area contributed by atoms with Crippen molar-refractivity contribution in [3.8, 4) is 11.5 Å². The lowest BCUT2D eigenvalue weighted by atomic mass is 9.93. The van der Waals surface area contributed by atoms with E-state index in [0.29, 0.717) is 24.3 Å². The molecule has 0 aliphatic carbocycles. The molecule has 3 aromatic carbocycles. The van der Waals surface area contributed by atoms with E-state index in [-0.39, 0.29) is 25.1 Å². The summed E-state index contributed by atoms with van der Waals surface area (Å²) in [6.45, 7) is 0.346. The predicted molar refractivity (Wildman–Crippen MR) is 131 cm³/mol. The van der Waals surface area contributed by atoms with Gasteiger partial charge in [-0.2, -0.15) is 0 Å². The van der Waals surface area contributed by atoms with E-state index >= 15 is 0 Å². The van der Waals surface area contributed by atoms with Crippen molar-refractivity contribution in [3.05, 3.63) is 108 Å². The summed E-state index contributed by atoms with van der Waals surface area (Å²) >= 11 is 0. The molecule has 0 saturated carbocycles. The molecule has 0 bridgehead atoms. The number of carbonyl (C=O) groups excluding carboxylic acids is 2. The van der Waals surface area contributed by atoms with Crippen LogP contribution in [-0.2, 0) is 14.3 Å². The maximum atomic E-state index is 12.5. The summed E-state index contributed by atoms with van der Waals surface area (Å²) in [5.74, 6) is 0.785. The fraction of sp³-hybridized carbons (Fsp3) is 0.172. The van der Waals surface area contributed by atoms with Crippen LogP contribution < -0.4 is 9.47 Å². The number of allylic oxidation sites excluding steroid dienone is 1. The van der Waals surface area contributed by atoms with Crippen LogP contribution in [0.3, 0.4) is 0 Å². The lowest BCUT2D eigenvalue weighted by molar-refractivity contribution is -0.138. The quantitative estimate of drug-likeness (QED) is 0.285. The lowest BCUT2D eigenvalue weighted by Crippen LogP contribution is -2.13. The van der Waals surface area contributed by atoms with Crippen molar-refractivity contribution in [3.63, 3.8) is 0 Å². The number of benzene rings is 3. The highest BCUT2D eigenvalue weighted by atomic mass is 16.7. The topological polar surface area (TPSA) is 61.8 Å². The summed E-state index contributed by atoms with van der Waals surface area (Å²) < 4.78 is 16.4. The zero-order chi connectivity index (χ0) is 23.6. The highest BCUT2D eigenvalue weighted by Crippen LogP contribution is 2.36. The first-order chi connectivity index (χ1) is 16.7. The van der Waals surface area contributed by atoms with Gasteiger partial charge in [-0.1, -0.05) is 72.8 Å². The maximum absolute atomic E-state index is 12.5. The Morgan fingerprint density at radius 2 is 1.47 bits per heavy atom. The minimum Gasteiger partial charge on any atom is -0.462 e. The van der Waals surface area contributed by atoms with Gasteiger partial charge in [0, 0.05) is 18.4 Å². The van der Waals surface area contributed by atoms with E-state index in [1.165, 1.54) is 6.08 Å². The van der Waals surface area contributed by atoms with Crippen molar-refractivity contribution in [1.29, 1.82) is 0 Å². The van der Waals surface area contributed by atoms with E-state index in [4.69, 9.17) is 14.2 Å². The van der Waals surface area contributed by atoms with Crippen LogP contribution >= 0.6 is 0 Å². The second-order valence-electron chi connectivity index (χ2n) is 7.93. The second kappa shape index (κ2) is 11.7. The number of ketones is 1. The van der Waals surface area contributed by atoms with Gasteiger partial charge in [-0.05, 0) is 47.4 Å². The molecular weight excluding hydrogens is 428 g/mol. The third-order valence-electron chi connectivity index (χ3n) is 5.51. The molecule has 34 heavy (non-hydrogen) atoms. The van der Waals surface area contributed by atoms with Gasteiger partial charge >= 0.3 is 5.97 Å². The molecule has 3 aromatic rings. The van der Waals surface area contributed by atoms with Gasteiger partial charge in [0.1, 0.15) is 0 Å². The Morgan fingerprint density at radius 1 is 0.824 bits per heavy atom. The molecular formula is C29H26O5. The largest absolute Gasteiger partial charge is 0.462 e. The number of esters is 1. The predicted octanol–water partition coefficient (Wildman–Crippen LogP) is 5.82. The standard InChI is InChI=1S/C29H26O5/c30-26(15-11-22-7-3-1-4-8-22)16-13-25(24-14-17-27-28(19-24)34-21-33-27)20-32-29(31)18-12-23-9-5-2-6-10-23/h1-12,14-15,17-19,25H,13,16,20-21H2/b15-11+,18-12+. The minimum atomic E-state index is -0.426. The average molecular weight is 455 g/mol. The van der Waals surface area contributed by atoms with Crippen LogP contribution in [0.1, 0.15) is 35.4 Å². The number of hydrogen-bond donors (Lipinski definition) is 0. The summed E-state index contributed by atoms with van der Waals surface area (Å²) in [6.07, 6.45) is 7.41. The van der Waals surface area contributed by atoms with Gasteiger partial charge in [0.15, 0.2) is 17.3 Å². The molecule has 0 fully saturated rings. The van der Waals surface area contributed by atoms with Gasteiger partial charge in [-0.15, -0.1) is 0 Å². The van der Waals surface area contributed by atoms with Crippen LogP contribution in [0.25, 0.3) is 12.2 Å². The highest BCUT2D eigenvalue weighted by Gasteiger charge is 2.20. The van der Waals surface area contributed by atoms with Crippen LogP contribution in [0.2, 0.25) is 0 Å². The third kappa shape index (κ3) is 6.69. The lowest BCUT2D eigenvalue weighted by Gasteiger charge is -2.17. The molecule has 0 radical (unpaired) electrons. The number of fused-ring (bicyclic) bond motifs is 1. The van der Waals surface area contributed by atoms with Crippen molar-refractivity contribution in [2.24, 2.45) is 0 Å². The van der Waals surface area contributed by atoms with E-state index in [1.54, 1.807) is 12.2 Å². The Balaban J connectivity index is 1.39. The van der Waals surface area contributed by atoms with Gasteiger partial charge in [0.05, 0.1) is 6.61 Å². The zero-order valence-corrected chi connectivity index (χ0v) is 18.8. The van der Waals surface area contributed by atoms with Crippen LogP contribution in [0.4, 0.5) is 0 Å². The minimum absolute atomic E-state index is 0.0184. The fourth-order valence-corrected chi connectivity index (χ4v) is 3.63. The second-order valence-corrected chi connectivity index (χ2v) is 7.93. The fourth-order valence-electron chi connectivity index (χ4n) is 3.63. The molecule has 1 heterocycles. The number of ether oxygens (including phenoxy) is 3. The van der Waals surface area contributed by atoms with Gasteiger partial charge in [-0.3, -0.25) is 4.79 Å². The molecule has 1 unspecified atom stereocenters. The monoisotopic (exact) mass is 454 g/mol. The summed E-state index contributed by atoms with van der Waals surface area (Å²) in [5, 5.41) is 0. The van der Waals surface area contributed by atoms with Crippen LogP contribution in [-0.4, -0.2) is 25.2 Å². The normalized spacial score (nSPS) is 13.3. The molecule has 4 rings (SSSR count). The van der Waals surface area contributed by atoms with Gasteiger partial charge in [-0.25, -0.2) is 4.79 Å². The molecule has 1 aliphatic heterocycles. The Kier molecular flexibility index (Phi) is 7.90. The molecule has 5 nitrogen and oxygen atoms in total. The van der Waals surface area contributed by atoms with Crippen molar-refractivity contribution in [2.75, 3.05) is 13.4 Å². The SMILES string of the molecule is O=C(/C=C/c1ccccc1)CCC(COC(=O)/C=C/c1ccccc1)c1ccc2c(c1)OCO2. The Labute approximate surface area is 199 Å². The summed E-state index contributed by atoms with van der Waals surface area (Å²) in [7, 11) is 0. The number of hydrogen-bond acceptors (Lipinski definition) is 5. The van der Waals surface area contributed by atoms with Crippen molar-refractivity contribution < 1.29 is 23.8 Å². The van der Waals surface area contributed by atoms with Crippen LogP contribution in [0.5, 0.6) is 11.5 Å². The first-order valence-electron chi connectivity index (χ1n) is 11.2. The zero-order valence-electron chi connectivity index (χ0n) is 18.8. The first-order valence-corrected chi connectivity index (χ1v) is 11.2. The Bertz CT molecular complexity index is 1100. The van der Waals surface area contributed by atoms with E-state index < -0.39 is 5.97 Å². The molecule has 0 saturated heterocycles. The number of carbonyl (C=O) groups is 2. The first kappa shape index (κ1) is 23.1. The molecule has 0 aromatic heterocycles. The van der Waals surface area contributed by atoms with E-state index in [9.17, 15) is 9.59 Å². The molecule has 1 atom stereocenters. The molecule has 0 N–H and O–H groups in total. The molecule has 5 heteroatoms. The Hall–Kier alpha value is -4.12. The van der Waals surface area contributed by atoms with Crippen LogP contribution in [0.15, 0.2) is 91.0 Å². The molecule has 172 valence electrons. The van der Waals surface area contributed by atoms with Gasteiger partial charge in [0.2, 0.25) is 6.79 Å². The van der Waals surface area contributed by atoms with Crippen molar-refractivity contribution in [1.82, 2.24) is 0 Å². The summed E-state index contributed by atoms with van der Waals surface area (Å²) in [4.78, 5) is 24.8.